The number of benzene rings is 2. The topological polar surface area (TPSA) is 121 Å². The fourth-order valence-electron chi connectivity index (χ4n) is 4.29. The van der Waals surface area contributed by atoms with Crippen LogP contribution in [0, 0.1) is 0 Å². The Morgan fingerprint density at radius 3 is 1.37 bits per heavy atom. The first-order chi connectivity index (χ1) is 18.4. The Labute approximate surface area is 220 Å². The smallest absolute Gasteiger partial charge is 0.288 e. The summed E-state index contributed by atoms with van der Waals surface area (Å²) in [4.78, 5) is 4.84. The molecule has 12 nitrogen and oxygen atoms in total. The highest BCUT2D eigenvalue weighted by molar-refractivity contribution is 5.90. The fourth-order valence-corrected chi connectivity index (χ4v) is 4.29. The Kier molecular flexibility index (Phi) is 7.52. The first kappa shape index (κ1) is 25.2. The van der Waals surface area contributed by atoms with Crippen LogP contribution in [0.4, 0.5) is 0 Å². The Hall–Kier alpha value is -4.42. The van der Waals surface area contributed by atoms with Crippen molar-refractivity contribution >= 4 is 11.8 Å². The van der Waals surface area contributed by atoms with E-state index in [2.05, 4.69) is 30.2 Å². The summed E-state index contributed by atoms with van der Waals surface area (Å²) in [5, 5.41) is 40.8. The van der Waals surface area contributed by atoms with E-state index >= 15 is 0 Å². The van der Waals surface area contributed by atoms with E-state index in [9.17, 15) is 10.2 Å². The maximum atomic E-state index is 12.4. The van der Waals surface area contributed by atoms with Gasteiger partial charge in [-0.25, -0.2) is 0 Å². The highest BCUT2D eigenvalue weighted by Gasteiger charge is 2.17. The number of aromatic nitrogens is 6. The van der Waals surface area contributed by atoms with Crippen molar-refractivity contribution in [3.63, 3.8) is 0 Å². The third-order valence-corrected chi connectivity index (χ3v) is 6.37. The fraction of sp³-hybridized carbons (Fsp3) is 0.308. The van der Waals surface area contributed by atoms with Gasteiger partial charge in [-0.05, 0) is 22.3 Å². The summed E-state index contributed by atoms with van der Waals surface area (Å²) in [6, 6.07) is 15.3. The molecule has 0 saturated carbocycles. The Bertz CT molecular complexity index is 1310. The summed E-state index contributed by atoms with van der Waals surface area (Å²) in [5.41, 5.74) is 3.43. The molecule has 1 saturated heterocycles. The Morgan fingerprint density at radius 2 is 1.05 bits per heavy atom. The molecule has 2 aromatic carbocycles. The van der Waals surface area contributed by atoms with Crippen LogP contribution < -0.4 is 19.6 Å². The van der Waals surface area contributed by atoms with Crippen LogP contribution in [0.25, 0.3) is 0 Å². The van der Waals surface area contributed by atoms with Crippen molar-refractivity contribution in [3.05, 3.63) is 96.1 Å². The van der Waals surface area contributed by atoms with Gasteiger partial charge in [-0.2, -0.15) is 0 Å². The number of hydrogen-bond donors (Lipinski definition) is 0. The molecule has 1 aliphatic rings. The van der Waals surface area contributed by atoms with Crippen molar-refractivity contribution in [2.75, 3.05) is 26.2 Å². The number of rotatable bonds is 8. The van der Waals surface area contributed by atoms with Crippen molar-refractivity contribution in [2.24, 2.45) is 24.3 Å². The van der Waals surface area contributed by atoms with Crippen LogP contribution in [-0.2, 0) is 27.2 Å². The van der Waals surface area contributed by atoms with Gasteiger partial charge in [0.1, 0.15) is 0 Å². The molecule has 0 aliphatic carbocycles. The van der Waals surface area contributed by atoms with Crippen LogP contribution in [0.3, 0.4) is 0 Å². The van der Waals surface area contributed by atoms with Gasteiger partial charge in [-0.1, -0.05) is 48.5 Å². The predicted molar refractivity (Wildman–Crippen MR) is 134 cm³/mol. The number of hydrogen-bond acceptors (Lipinski definition) is 8. The van der Waals surface area contributed by atoms with Crippen LogP contribution in [0.15, 0.2) is 84.0 Å². The van der Waals surface area contributed by atoms with Gasteiger partial charge < -0.3 is 10.2 Å². The van der Waals surface area contributed by atoms with Crippen molar-refractivity contribution in [3.8, 4) is 0 Å². The second-order valence-corrected chi connectivity index (χ2v) is 9.36. The zero-order valence-corrected chi connectivity index (χ0v) is 21.5. The lowest BCUT2D eigenvalue weighted by Crippen LogP contribution is -2.45. The van der Waals surface area contributed by atoms with E-state index in [1.54, 1.807) is 36.1 Å². The molecule has 4 aromatic rings. The lowest BCUT2D eigenvalue weighted by atomic mass is 10.1. The SMILES string of the molecule is Cn1c[n+](/N=C(\[O-])c2ccc(CN3CCN(Cc4ccc(/C([O-])=N\[n+]5cnn(C)c5)cc4)CC3)cc2)cn1. The summed E-state index contributed by atoms with van der Waals surface area (Å²) < 4.78 is 5.98. The van der Waals surface area contributed by atoms with E-state index in [4.69, 9.17) is 0 Å². The quantitative estimate of drug-likeness (QED) is 0.155. The van der Waals surface area contributed by atoms with Crippen molar-refractivity contribution in [2.45, 2.75) is 13.1 Å². The molecular weight excluding hydrogens is 484 g/mol. The molecule has 0 amide bonds. The summed E-state index contributed by atoms with van der Waals surface area (Å²) in [5.74, 6) is -0.607. The third-order valence-electron chi connectivity index (χ3n) is 6.37. The van der Waals surface area contributed by atoms with E-state index in [0.29, 0.717) is 11.1 Å². The minimum atomic E-state index is -0.303. The normalized spacial score (nSPS) is 15.7. The van der Waals surface area contributed by atoms with Gasteiger partial charge in [0.05, 0.1) is 14.1 Å². The average Bonchev–Trinajstić information content (AvgIpc) is 3.52. The third kappa shape index (κ3) is 6.47. The van der Waals surface area contributed by atoms with Gasteiger partial charge in [-0.15, -0.1) is 28.9 Å². The van der Waals surface area contributed by atoms with Gasteiger partial charge in [0, 0.05) is 61.3 Å². The Morgan fingerprint density at radius 1 is 0.684 bits per heavy atom. The van der Waals surface area contributed by atoms with E-state index < -0.39 is 0 Å². The van der Waals surface area contributed by atoms with Crippen LogP contribution in [0.1, 0.15) is 22.3 Å². The standard InChI is InChI=1S/C26H30N10O2/c1-31-19-35(17-27-31)29-25(37)23-7-3-21(4-8-23)15-33-11-13-34(14-12-33)16-22-5-9-24(10-6-22)26(38)30-36-18-28-32(2)20-36/h3-10,17-20H,11-16H2,1-2H3. The van der Waals surface area contributed by atoms with Gasteiger partial charge in [0.25, 0.3) is 12.7 Å². The lowest BCUT2D eigenvalue weighted by molar-refractivity contribution is -0.682. The molecule has 0 atom stereocenters. The first-order valence-corrected chi connectivity index (χ1v) is 12.4. The average molecular weight is 515 g/mol. The van der Waals surface area contributed by atoms with Gasteiger partial charge >= 0.3 is 0 Å². The molecule has 5 rings (SSSR count). The van der Waals surface area contributed by atoms with E-state index in [-0.39, 0.29) is 11.8 Å². The summed E-state index contributed by atoms with van der Waals surface area (Å²) in [6.45, 7) is 5.53. The van der Waals surface area contributed by atoms with Crippen molar-refractivity contribution < 1.29 is 19.6 Å². The lowest BCUT2D eigenvalue weighted by Gasteiger charge is -2.34. The maximum Gasteiger partial charge on any atom is 0.288 e. The minimum Gasteiger partial charge on any atom is -0.856 e. The molecule has 2 aromatic heterocycles. The van der Waals surface area contributed by atoms with E-state index in [1.165, 1.54) is 33.1 Å². The highest BCUT2D eigenvalue weighted by Crippen LogP contribution is 2.13. The minimum absolute atomic E-state index is 0.303. The molecule has 1 aliphatic heterocycles. The predicted octanol–water partition coefficient (Wildman–Crippen LogP) is -1.81. The zero-order chi connectivity index (χ0) is 26.5. The molecule has 0 radical (unpaired) electrons. The molecule has 3 heterocycles. The largest absolute Gasteiger partial charge is 0.856 e. The molecule has 1 fully saturated rings. The summed E-state index contributed by atoms with van der Waals surface area (Å²) in [6.07, 6.45) is 6.23. The van der Waals surface area contributed by atoms with Crippen molar-refractivity contribution in [1.29, 1.82) is 0 Å². The molecule has 0 bridgehead atoms. The van der Waals surface area contributed by atoms with E-state index in [0.717, 1.165) is 39.3 Å². The highest BCUT2D eigenvalue weighted by atomic mass is 16.3. The summed E-state index contributed by atoms with van der Waals surface area (Å²) in [7, 11) is 3.54. The van der Waals surface area contributed by atoms with E-state index in [1.807, 2.05) is 48.5 Å². The van der Waals surface area contributed by atoms with Crippen LogP contribution in [0.2, 0.25) is 0 Å². The van der Waals surface area contributed by atoms with Crippen LogP contribution >= 0.6 is 0 Å². The number of aryl methyl sites for hydroxylation is 2. The monoisotopic (exact) mass is 514 g/mol. The maximum absolute atomic E-state index is 12.4. The van der Waals surface area contributed by atoms with Crippen molar-refractivity contribution in [1.82, 2.24) is 29.4 Å². The Balaban J connectivity index is 1.09. The molecule has 0 N–H and O–H groups in total. The molecule has 196 valence electrons. The molecule has 0 unspecified atom stereocenters. The molecule has 12 heteroatoms. The zero-order valence-electron chi connectivity index (χ0n) is 21.5. The van der Waals surface area contributed by atoms with Gasteiger partial charge in [0.2, 0.25) is 12.7 Å². The van der Waals surface area contributed by atoms with Crippen LogP contribution in [-0.4, -0.2) is 67.3 Å². The van der Waals surface area contributed by atoms with Gasteiger partial charge in [-0.3, -0.25) is 9.80 Å². The van der Waals surface area contributed by atoms with Gasteiger partial charge in [0.15, 0.2) is 0 Å². The van der Waals surface area contributed by atoms with Crippen LogP contribution in [0.5, 0.6) is 0 Å². The number of piperazine rings is 1. The second kappa shape index (κ2) is 11.3. The number of nitrogens with zero attached hydrogens (tertiary/aromatic N) is 10. The molecular formula is C26H30N10O2. The second-order valence-electron chi connectivity index (χ2n) is 9.36. The first-order valence-electron chi connectivity index (χ1n) is 12.4. The molecule has 0 spiro atoms. The summed E-state index contributed by atoms with van der Waals surface area (Å²) >= 11 is 0. The molecule has 38 heavy (non-hydrogen) atoms.